The molecule has 0 saturated carbocycles. The van der Waals surface area contributed by atoms with Gasteiger partial charge in [-0.1, -0.05) is 39.7 Å². The van der Waals surface area contributed by atoms with Gasteiger partial charge in [-0.05, 0) is 36.2 Å². The monoisotopic (exact) mass is 310 g/mol. The Bertz CT molecular complexity index is 491. The van der Waals surface area contributed by atoms with Gasteiger partial charge >= 0.3 is 0 Å². The highest BCUT2D eigenvalue weighted by Gasteiger charge is 2.04. The normalized spacial score (nSPS) is 10.3. The number of nitrogens with one attached hydrogen (secondary N) is 1. The van der Waals surface area contributed by atoms with Crippen LogP contribution >= 0.6 is 27.5 Å². The molecule has 0 fully saturated rings. The molecule has 17 heavy (non-hydrogen) atoms. The molecule has 0 amide bonds. The van der Waals surface area contributed by atoms with Gasteiger partial charge < -0.3 is 5.32 Å². The average Bonchev–Trinajstić information content (AvgIpc) is 2.31. The highest BCUT2D eigenvalue weighted by molar-refractivity contribution is 9.10. The van der Waals surface area contributed by atoms with E-state index >= 15 is 0 Å². The Hall–Kier alpha value is -1.06. The number of aryl methyl sites for hydroxylation is 1. The van der Waals surface area contributed by atoms with Crippen LogP contribution in [0.15, 0.2) is 41.0 Å². The summed E-state index contributed by atoms with van der Waals surface area (Å²) in [5, 5.41) is 3.82. The third-order valence-electron chi connectivity index (χ3n) is 2.50. The molecule has 0 spiro atoms. The molecule has 0 radical (unpaired) electrons. The molecule has 1 N–H and O–H groups in total. The van der Waals surface area contributed by atoms with Gasteiger partial charge in [0.2, 0.25) is 0 Å². The van der Waals surface area contributed by atoms with E-state index < -0.39 is 0 Å². The lowest BCUT2D eigenvalue weighted by atomic mass is 10.2. The lowest BCUT2D eigenvalue weighted by molar-refractivity contribution is 1.12. The Morgan fingerprint density at radius 3 is 2.59 bits per heavy atom. The third kappa shape index (κ3) is 3.20. The van der Waals surface area contributed by atoms with Crippen LogP contribution in [0.3, 0.4) is 0 Å². The lowest BCUT2D eigenvalue weighted by Gasteiger charge is -2.10. The van der Waals surface area contributed by atoms with E-state index in [4.69, 9.17) is 11.6 Å². The van der Waals surface area contributed by atoms with Gasteiger partial charge in [-0.2, -0.15) is 0 Å². The Morgan fingerprint density at radius 2 is 1.94 bits per heavy atom. The largest absolute Gasteiger partial charge is 0.378 e. The van der Waals surface area contributed by atoms with Gasteiger partial charge in [0.15, 0.2) is 5.15 Å². The van der Waals surface area contributed by atoms with Gasteiger partial charge in [-0.15, -0.1) is 0 Å². The fourth-order valence-electron chi connectivity index (χ4n) is 1.53. The zero-order chi connectivity index (χ0) is 12.3. The van der Waals surface area contributed by atoms with E-state index in [2.05, 4.69) is 38.4 Å². The molecule has 1 aromatic carbocycles. The Balaban J connectivity index is 2.10. The minimum Gasteiger partial charge on any atom is -0.378 e. The summed E-state index contributed by atoms with van der Waals surface area (Å²) in [4.78, 5) is 4.06. The van der Waals surface area contributed by atoms with Crippen molar-refractivity contribution in [2.45, 2.75) is 13.5 Å². The number of pyridine rings is 1. The average molecular weight is 312 g/mol. The molecule has 0 aliphatic rings. The first-order valence-corrected chi connectivity index (χ1v) is 6.43. The van der Waals surface area contributed by atoms with E-state index in [0.29, 0.717) is 5.15 Å². The quantitative estimate of drug-likeness (QED) is 0.849. The van der Waals surface area contributed by atoms with Crippen molar-refractivity contribution in [2.24, 2.45) is 0 Å². The van der Waals surface area contributed by atoms with Crippen LogP contribution in [0.5, 0.6) is 0 Å². The minimum atomic E-state index is 0.516. The van der Waals surface area contributed by atoms with Crippen LogP contribution in [0.1, 0.15) is 11.1 Å². The van der Waals surface area contributed by atoms with Crippen LogP contribution in [0.4, 0.5) is 5.69 Å². The summed E-state index contributed by atoms with van der Waals surface area (Å²) < 4.78 is 1.08. The fourth-order valence-corrected chi connectivity index (χ4v) is 2.07. The second kappa shape index (κ2) is 5.52. The number of nitrogens with zero attached hydrogens (tertiary/aromatic N) is 1. The molecule has 0 aliphatic carbocycles. The topological polar surface area (TPSA) is 24.9 Å². The van der Waals surface area contributed by atoms with Gasteiger partial charge in [-0.3, -0.25) is 0 Å². The van der Waals surface area contributed by atoms with Crippen molar-refractivity contribution in [3.05, 3.63) is 57.3 Å². The summed E-state index contributed by atoms with van der Waals surface area (Å²) in [7, 11) is 0. The summed E-state index contributed by atoms with van der Waals surface area (Å²) in [5.41, 5.74) is 3.20. The maximum absolute atomic E-state index is 6.04. The predicted molar refractivity (Wildman–Crippen MR) is 75.5 cm³/mol. The van der Waals surface area contributed by atoms with Gasteiger partial charge in [0.05, 0.1) is 5.69 Å². The Morgan fingerprint density at radius 1 is 1.24 bits per heavy atom. The summed E-state index contributed by atoms with van der Waals surface area (Å²) in [6.07, 6.45) is 1.71. The molecular formula is C13H12BrClN2. The molecule has 88 valence electrons. The molecule has 0 atom stereocenters. The van der Waals surface area contributed by atoms with Crippen LogP contribution in [0.2, 0.25) is 5.15 Å². The van der Waals surface area contributed by atoms with Crippen LogP contribution in [-0.2, 0) is 6.54 Å². The molecule has 0 bridgehead atoms. The van der Waals surface area contributed by atoms with E-state index in [-0.39, 0.29) is 0 Å². The zero-order valence-electron chi connectivity index (χ0n) is 9.37. The predicted octanol–water partition coefficient (Wildman–Crippen LogP) is 4.42. The summed E-state index contributed by atoms with van der Waals surface area (Å²) in [5.74, 6) is 0. The standard InChI is InChI=1S/C13H12BrClN2/c1-9-6-7-16-13(15)12(9)17-8-10-2-4-11(14)5-3-10/h2-7,17H,8H2,1H3. The first-order valence-electron chi connectivity index (χ1n) is 5.26. The maximum Gasteiger partial charge on any atom is 0.152 e. The first kappa shape index (κ1) is 12.4. The third-order valence-corrected chi connectivity index (χ3v) is 3.31. The van der Waals surface area contributed by atoms with Gasteiger partial charge in [0.25, 0.3) is 0 Å². The molecule has 2 aromatic rings. The second-order valence-corrected chi connectivity index (χ2v) is 5.05. The van der Waals surface area contributed by atoms with Gasteiger partial charge in [0, 0.05) is 17.2 Å². The lowest BCUT2D eigenvalue weighted by Crippen LogP contribution is -2.02. The van der Waals surface area contributed by atoms with Crippen LogP contribution in [0.25, 0.3) is 0 Å². The molecule has 0 unspecified atom stereocenters. The number of rotatable bonds is 3. The van der Waals surface area contributed by atoms with E-state index in [1.54, 1.807) is 6.20 Å². The van der Waals surface area contributed by atoms with Crippen molar-refractivity contribution >= 4 is 33.2 Å². The highest BCUT2D eigenvalue weighted by Crippen LogP contribution is 2.23. The fraction of sp³-hybridized carbons (Fsp3) is 0.154. The van der Waals surface area contributed by atoms with Crippen LogP contribution < -0.4 is 5.32 Å². The van der Waals surface area contributed by atoms with E-state index in [0.717, 1.165) is 22.3 Å². The van der Waals surface area contributed by atoms with Crippen molar-refractivity contribution in [3.63, 3.8) is 0 Å². The van der Waals surface area contributed by atoms with Crippen molar-refractivity contribution in [3.8, 4) is 0 Å². The molecule has 4 heteroatoms. The van der Waals surface area contributed by atoms with Crippen LogP contribution in [0, 0.1) is 6.92 Å². The summed E-state index contributed by atoms with van der Waals surface area (Å²) >= 11 is 9.45. The number of aromatic nitrogens is 1. The van der Waals surface area contributed by atoms with Gasteiger partial charge in [0.1, 0.15) is 0 Å². The Labute approximate surface area is 114 Å². The highest BCUT2D eigenvalue weighted by atomic mass is 79.9. The number of hydrogen-bond acceptors (Lipinski definition) is 2. The van der Waals surface area contributed by atoms with E-state index in [9.17, 15) is 0 Å². The van der Waals surface area contributed by atoms with Crippen molar-refractivity contribution in [2.75, 3.05) is 5.32 Å². The number of benzene rings is 1. The number of halogens is 2. The van der Waals surface area contributed by atoms with Crippen LogP contribution in [-0.4, -0.2) is 4.98 Å². The number of anilines is 1. The molecule has 2 nitrogen and oxygen atoms in total. The van der Waals surface area contributed by atoms with Gasteiger partial charge in [-0.25, -0.2) is 4.98 Å². The Kier molecular flexibility index (Phi) is 4.02. The molecule has 0 aliphatic heterocycles. The van der Waals surface area contributed by atoms with Crippen molar-refractivity contribution in [1.29, 1.82) is 0 Å². The molecule has 0 saturated heterocycles. The molecular weight excluding hydrogens is 300 g/mol. The summed E-state index contributed by atoms with van der Waals surface area (Å²) in [6, 6.07) is 10.1. The summed E-state index contributed by atoms with van der Waals surface area (Å²) in [6.45, 7) is 2.75. The van der Waals surface area contributed by atoms with Crippen molar-refractivity contribution < 1.29 is 0 Å². The minimum absolute atomic E-state index is 0.516. The van der Waals surface area contributed by atoms with E-state index in [1.165, 1.54) is 5.56 Å². The molecule has 1 aromatic heterocycles. The zero-order valence-corrected chi connectivity index (χ0v) is 11.7. The maximum atomic E-state index is 6.04. The molecule has 1 heterocycles. The number of hydrogen-bond donors (Lipinski definition) is 1. The second-order valence-electron chi connectivity index (χ2n) is 3.77. The first-order chi connectivity index (χ1) is 8.16. The van der Waals surface area contributed by atoms with Crippen molar-refractivity contribution in [1.82, 2.24) is 4.98 Å². The SMILES string of the molecule is Cc1ccnc(Cl)c1NCc1ccc(Br)cc1. The smallest absolute Gasteiger partial charge is 0.152 e. The molecule has 2 rings (SSSR count). The van der Waals surface area contributed by atoms with E-state index in [1.807, 2.05) is 25.1 Å².